The average Bonchev–Trinajstić information content (AvgIpc) is 3.12. The summed E-state index contributed by atoms with van der Waals surface area (Å²) in [6, 6.07) is 9.93. The van der Waals surface area contributed by atoms with Gasteiger partial charge in [0.2, 0.25) is 5.91 Å². The van der Waals surface area contributed by atoms with Gasteiger partial charge < -0.3 is 15.5 Å². The van der Waals surface area contributed by atoms with Crippen molar-refractivity contribution in [2.24, 2.45) is 16.7 Å². The molecule has 0 spiro atoms. The largest absolute Gasteiger partial charge is 0.396 e. The van der Waals surface area contributed by atoms with Crippen molar-refractivity contribution in [2.75, 3.05) is 6.61 Å². The van der Waals surface area contributed by atoms with E-state index in [0.29, 0.717) is 19.4 Å². The monoisotopic (exact) mass is 428 g/mol. The van der Waals surface area contributed by atoms with E-state index in [1.54, 1.807) is 11.3 Å². The molecule has 0 aliphatic heterocycles. The van der Waals surface area contributed by atoms with Crippen molar-refractivity contribution in [3.05, 3.63) is 51.5 Å². The number of aliphatic hydroxyl groups is 2. The molecule has 1 amide bonds. The van der Waals surface area contributed by atoms with Crippen LogP contribution in [0.3, 0.4) is 0 Å². The highest BCUT2D eigenvalue weighted by atomic mass is 32.1. The zero-order chi connectivity index (χ0) is 21.5. The van der Waals surface area contributed by atoms with Gasteiger partial charge in [-0.2, -0.15) is 0 Å². The number of rotatable bonds is 5. The fraction of sp³-hybridized carbons (Fsp3) is 0.583. The molecule has 2 aliphatic carbocycles. The number of amides is 1. The van der Waals surface area contributed by atoms with Gasteiger partial charge in [-0.1, -0.05) is 44.2 Å². The van der Waals surface area contributed by atoms with Crippen molar-refractivity contribution in [3.63, 3.8) is 0 Å². The SMILES string of the molecule is Cc1nc2c(s1)C[C@@H]1[C@](C)(CO)[C@H](O)CC[C@@]1(C)[C@@H]2CC(=O)NCc1ccccc1. The summed E-state index contributed by atoms with van der Waals surface area (Å²) in [4.78, 5) is 19.0. The molecule has 0 unspecified atom stereocenters. The van der Waals surface area contributed by atoms with Crippen molar-refractivity contribution in [3.8, 4) is 0 Å². The summed E-state index contributed by atoms with van der Waals surface area (Å²) >= 11 is 1.69. The number of carbonyl (C=O) groups excluding carboxylic acids is 1. The quantitative estimate of drug-likeness (QED) is 0.680. The minimum Gasteiger partial charge on any atom is -0.396 e. The zero-order valence-electron chi connectivity index (χ0n) is 18.0. The standard InChI is InChI=1S/C24H32N2O3S/c1-15-26-22-17(11-21(29)25-13-16-7-5-4-6-8-16)23(2)10-9-20(28)24(3,14-27)19(23)12-18(22)30-15/h4-8,17,19-20,27-28H,9-14H2,1-3H3,(H,25,29)/t17-,19+,20-,23+,24+/m1/s1. The van der Waals surface area contributed by atoms with Gasteiger partial charge in [0.15, 0.2) is 0 Å². The van der Waals surface area contributed by atoms with Crippen LogP contribution >= 0.6 is 11.3 Å². The van der Waals surface area contributed by atoms with Gasteiger partial charge in [0.25, 0.3) is 0 Å². The molecule has 30 heavy (non-hydrogen) atoms. The Kier molecular flexibility index (Phi) is 5.77. The van der Waals surface area contributed by atoms with Gasteiger partial charge in [0, 0.05) is 29.2 Å². The van der Waals surface area contributed by atoms with E-state index in [2.05, 4.69) is 12.2 Å². The van der Waals surface area contributed by atoms with Gasteiger partial charge in [0.1, 0.15) is 0 Å². The number of aromatic nitrogens is 1. The second-order valence-electron chi connectivity index (χ2n) is 9.54. The molecule has 1 aromatic heterocycles. The number of hydrogen-bond donors (Lipinski definition) is 3. The summed E-state index contributed by atoms with van der Waals surface area (Å²) < 4.78 is 0. The van der Waals surface area contributed by atoms with E-state index in [1.807, 2.05) is 44.2 Å². The first kappa shape index (κ1) is 21.5. The minimum absolute atomic E-state index is 0.00894. The molecule has 3 N–H and O–H groups in total. The van der Waals surface area contributed by atoms with Crippen LogP contribution in [0, 0.1) is 23.7 Å². The van der Waals surface area contributed by atoms with Gasteiger partial charge in [-0.3, -0.25) is 4.79 Å². The maximum absolute atomic E-state index is 13.0. The highest BCUT2D eigenvalue weighted by molar-refractivity contribution is 7.11. The van der Waals surface area contributed by atoms with E-state index >= 15 is 0 Å². The molecule has 0 radical (unpaired) electrons. The molecule has 0 saturated heterocycles. The summed E-state index contributed by atoms with van der Waals surface area (Å²) in [5.74, 6) is 0.127. The Morgan fingerprint density at radius 3 is 2.73 bits per heavy atom. The van der Waals surface area contributed by atoms with Crippen LogP contribution in [0.15, 0.2) is 30.3 Å². The van der Waals surface area contributed by atoms with Crippen LogP contribution in [-0.4, -0.2) is 33.8 Å². The first-order chi connectivity index (χ1) is 14.3. The number of fused-ring (bicyclic) bond motifs is 2. The fourth-order valence-electron chi connectivity index (χ4n) is 5.82. The van der Waals surface area contributed by atoms with Crippen molar-refractivity contribution in [1.29, 1.82) is 0 Å². The summed E-state index contributed by atoms with van der Waals surface area (Å²) in [6.07, 6.45) is 2.15. The third-order valence-corrected chi connectivity index (χ3v) is 8.73. The molecule has 162 valence electrons. The number of benzene rings is 1. The molecule has 2 aliphatic rings. The predicted molar refractivity (Wildman–Crippen MR) is 118 cm³/mol. The third-order valence-electron chi connectivity index (χ3n) is 7.72. The Bertz CT molecular complexity index is 914. The van der Waals surface area contributed by atoms with Gasteiger partial charge >= 0.3 is 0 Å². The van der Waals surface area contributed by atoms with Gasteiger partial charge in [-0.25, -0.2) is 4.98 Å². The van der Waals surface area contributed by atoms with Gasteiger partial charge in [-0.05, 0) is 43.1 Å². The molecule has 6 heteroatoms. The molecule has 1 aromatic carbocycles. The number of thiazole rings is 1. The van der Waals surface area contributed by atoms with E-state index in [9.17, 15) is 15.0 Å². The molecule has 1 fully saturated rings. The van der Waals surface area contributed by atoms with Crippen molar-refractivity contribution < 1.29 is 15.0 Å². The predicted octanol–water partition coefficient (Wildman–Crippen LogP) is 3.57. The molecular formula is C24H32N2O3S. The summed E-state index contributed by atoms with van der Waals surface area (Å²) in [6.45, 7) is 6.73. The van der Waals surface area contributed by atoms with Crippen LogP contribution in [-0.2, 0) is 17.8 Å². The second kappa shape index (κ2) is 8.06. The number of carbonyl (C=O) groups is 1. The lowest BCUT2D eigenvalue weighted by molar-refractivity contribution is -0.144. The maximum Gasteiger partial charge on any atom is 0.220 e. The first-order valence-electron chi connectivity index (χ1n) is 10.8. The van der Waals surface area contributed by atoms with E-state index in [4.69, 9.17) is 4.98 Å². The Balaban J connectivity index is 1.62. The molecule has 1 saturated carbocycles. The minimum atomic E-state index is -0.568. The van der Waals surface area contributed by atoms with Crippen LogP contribution in [0.25, 0.3) is 0 Å². The Morgan fingerprint density at radius 2 is 2.03 bits per heavy atom. The van der Waals surface area contributed by atoms with Crippen LogP contribution in [0.5, 0.6) is 0 Å². The number of aryl methyl sites for hydroxylation is 1. The molecular weight excluding hydrogens is 396 g/mol. The van der Waals surface area contributed by atoms with Crippen LogP contribution in [0.1, 0.15) is 60.2 Å². The number of nitrogens with one attached hydrogen (secondary N) is 1. The Labute approximate surface area is 182 Å². The lowest BCUT2D eigenvalue weighted by atomic mass is 9.47. The van der Waals surface area contributed by atoms with Crippen molar-refractivity contribution >= 4 is 17.2 Å². The van der Waals surface area contributed by atoms with Crippen LogP contribution in [0.4, 0.5) is 0 Å². The highest BCUT2D eigenvalue weighted by Gasteiger charge is 2.59. The van der Waals surface area contributed by atoms with Crippen LogP contribution in [0.2, 0.25) is 0 Å². The second-order valence-corrected chi connectivity index (χ2v) is 10.8. The van der Waals surface area contributed by atoms with Crippen molar-refractivity contribution in [1.82, 2.24) is 10.3 Å². The summed E-state index contributed by atoms with van der Waals surface area (Å²) in [5.41, 5.74) is 1.38. The van der Waals surface area contributed by atoms with Crippen LogP contribution < -0.4 is 5.32 Å². The van der Waals surface area contributed by atoms with E-state index in [0.717, 1.165) is 29.1 Å². The number of aliphatic hydroxyl groups excluding tert-OH is 2. The lowest BCUT2D eigenvalue weighted by Gasteiger charge is -2.58. The molecule has 2 aromatic rings. The summed E-state index contributed by atoms with van der Waals surface area (Å²) in [5, 5.41) is 25.1. The van der Waals surface area contributed by atoms with Gasteiger partial charge in [0.05, 0.1) is 23.4 Å². The Hall–Kier alpha value is -1.76. The van der Waals surface area contributed by atoms with E-state index in [1.165, 1.54) is 4.88 Å². The molecule has 0 bridgehead atoms. The van der Waals surface area contributed by atoms with E-state index in [-0.39, 0.29) is 29.8 Å². The lowest BCUT2D eigenvalue weighted by Crippen LogP contribution is -2.57. The topological polar surface area (TPSA) is 82.5 Å². The number of nitrogens with zero attached hydrogens (tertiary/aromatic N) is 1. The number of hydrogen-bond acceptors (Lipinski definition) is 5. The fourth-order valence-corrected chi connectivity index (χ4v) is 6.86. The Morgan fingerprint density at radius 1 is 1.30 bits per heavy atom. The molecule has 5 atom stereocenters. The molecule has 5 nitrogen and oxygen atoms in total. The van der Waals surface area contributed by atoms with Gasteiger partial charge in [-0.15, -0.1) is 11.3 Å². The first-order valence-corrected chi connectivity index (χ1v) is 11.7. The maximum atomic E-state index is 13.0. The summed E-state index contributed by atoms with van der Waals surface area (Å²) in [7, 11) is 0. The average molecular weight is 429 g/mol. The van der Waals surface area contributed by atoms with Crippen molar-refractivity contribution in [2.45, 2.75) is 65.0 Å². The third kappa shape index (κ3) is 3.59. The zero-order valence-corrected chi connectivity index (χ0v) is 18.8. The highest BCUT2D eigenvalue weighted by Crippen LogP contribution is 2.62. The molecule has 4 rings (SSSR count). The molecule has 1 heterocycles. The normalized spacial score (nSPS) is 32.9. The van der Waals surface area contributed by atoms with E-state index < -0.39 is 11.5 Å². The smallest absolute Gasteiger partial charge is 0.220 e.